The first kappa shape index (κ1) is 33.0. The molecule has 0 saturated heterocycles. The van der Waals surface area contributed by atoms with E-state index in [1.54, 1.807) is 6.08 Å². The van der Waals surface area contributed by atoms with Crippen molar-refractivity contribution in [2.75, 3.05) is 0 Å². The summed E-state index contributed by atoms with van der Waals surface area (Å²) in [7, 11) is 0. The van der Waals surface area contributed by atoms with E-state index in [4.69, 9.17) is 16.4 Å². The van der Waals surface area contributed by atoms with E-state index in [2.05, 4.69) is 167 Å². The Bertz CT molecular complexity index is 2410. The lowest BCUT2D eigenvalue weighted by Gasteiger charge is -2.37. The Kier molecular flexibility index (Phi) is 8.83. The summed E-state index contributed by atoms with van der Waals surface area (Å²) >= 11 is 0. The molecule has 246 valence electrons. The number of allylic oxidation sites excluding steroid dienone is 3. The second kappa shape index (κ2) is 13.4. The average molecular weight is 650 g/mol. The Labute approximate surface area is 296 Å². The van der Waals surface area contributed by atoms with Crippen LogP contribution in [0.3, 0.4) is 0 Å². The lowest BCUT2D eigenvalue weighted by Crippen LogP contribution is -2.45. The molecular formula is C47H43N3. The molecule has 1 aromatic heterocycles. The molecule has 0 spiro atoms. The molecule has 0 bridgehead atoms. The maximum absolute atomic E-state index is 5.67. The van der Waals surface area contributed by atoms with Gasteiger partial charge in [-0.15, -0.1) is 6.42 Å². The number of aromatic nitrogens is 1. The van der Waals surface area contributed by atoms with Gasteiger partial charge in [-0.3, -0.25) is 15.3 Å². The summed E-state index contributed by atoms with van der Waals surface area (Å²) < 4.78 is 0. The zero-order chi connectivity index (χ0) is 34.9. The summed E-state index contributed by atoms with van der Waals surface area (Å²) in [5.74, 6) is 2.68. The largest absolute Gasteiger partial charge is 0.283 e. The molecule has 2 unspecified atom stereocenters. The molecule has 0 radical (unpaired) electrons. The zero-order valence-electron chi connectivity index (χ0n) is 29.5. The summed E-state index contributed by atoms with van der Waals surface area (Å²) in [6, 6.07) is 36.5. The van der Waals surface area contributed by atoms with E-state index in [9.17, 15) is 0 Å². The first-order valence-corrected chi connectivity index (χ1v) is 17.4. The van der Waals surface area contributed by atoms with Crippen molar-refractivity contribution in [2.24, 2.45) is 4.99 Å². The van der Waals surface area contributed by atoms with Crippen molar-refractivity contribution in [1.29, 1.82) is 0 Å². The van der Waals surface area contributed by atoms with E-state index in [0.29, 0.717) is 0 Å². The van der Waals surface area contributed by atoms with Gasteiger partial charge >= 0.3 is 0 Å². The van der Waals surface area contributed by atoms with Crippen LogP contribution in [0.5, 0.6) is 0 Å². The Morgan fingerprint density at radius 2 is 1.58 bits per heavy atom. The van der Waals surface area contributed by atoms with Crippen molar-refractivity contribution >= 4 is 44.1 Å². The Morgan fingerprint density at radius 3 is 2.26 bits per heavy atom. The molecule has 0 fully saturated rings. The van der Waals surface area contributed by atoms with Crippen molar-refractivity contribution in [3.05, 3.63) is 167 Å². The molecule has 1 N–H and O–H groups in total. The van der Waals surface area contributed by atoms with Gasteiger partial charge in [0, 0.05) is 28.9 Å². The first-order chi connectivity index (χ1) is 24.2. The van der Waals surface area contributed by atoms with E-state index >= 15 is 0 Å². The number of rotatable bonds is 8. The average Bonchev–Trinajstić information content (AvgIpc) is 3.14. The molecule has 5 aromatic carbocycles. The molecule has 6 aromatic rings. The van der Waals surface area contributed by atoms with Crippen LogP contribution in [0.25, 0.3) is 38.4 Å². The van der Waals surface area contributed by atoms with Crippen LogP contribution < -0.4 is 5.32 Å². The van der Waals surface area contributed by atoms with Crippen molar-refractivity contribution in [2.45, 2.75) is 58.2 Å². The third-order valence-corrected chi connectivity index (χ3v) is 10.4. The molecule has 0 aliphatic heterocycles. The molecule has 0 amide bonds. The fraction of sp³-hybridized carbons (Fsp3) is 0.191. The molecule has 3 atom stereocenters. The number of fused-ring (bicyclic) bond motifs is 4. The molecule has 1 aliphatic rings. The molecule has 1 heterocycles. The van der Waals surface area contributed by atoms with Gasteiger partial charge in [0.2, 0.25) is 0 Å². The van der Waals surface area contributed by atoms with Crippen LogP contribution >= 0.6 is 0 Å². The molecule has 0 saturated carbocycles. The van der Waals surface area contributed by atoms with Gasteiger partial charge in [-0.1, -0.05) is 110 Å². The fourth-order valence-corrected chi connectivity index (χ4v) is 7.71. The Hall–Kier alpha value is -5.56. The summed E-state index contributed by atoms with van der Waals surface area (Å²) in [4.78, 5) is 10.4. The van der Waals surface area contributed by atoms with Gasteiger partial charge < -0.3 is 0 Å². The minimum atomic E-state index is -0.745. The lowest BCUT2D eigenvalue weighted by atomic mass is 9.77. The summed E-state index contributed by atoms with van der Waals surface area (Å²) in [6.45, 7) is 11.1. The highest BCUT2D eigenvalue weighted by Crippen LogP contribution is 2.38. The SMILES string of the molecule is C#C/C=C\c1c(C)c([C@@H](C)NC(C)(/N=C(\C)c2cc3ccccc3c3ccccc23)C2=CCC(C)(c3ccccn3)C=C2)cc2ccccc12. The van der Waals surface area contributed by atoms with Crippen LogP contribution in [0.1, 0.15) is 68.1 Å². The molecule has 3 heteroatoms. The standard InChI is InChI=1S/C47H43N3/c1-7-8-19-38-32(2)43(30-35-17-9-11-20-39(35)38)33(3)49-47(6,37-25-27-46(5,28-26-37)45-24-15-16-29-48-45)50-34(4)44-31-36-18-10-12-21-40(36)41-22-13-14-23-42(41)44/h1,8-27,29-31,33,49H,28H2,2-6H3/b19-8-,50-34+/t33-,46?,47?/m1/s1. The highest BCUT2D eigenvalue weighted by atomic mass is 15.2. The number of terminal acetylenes is 1. The summed E-state index contributed by atoms with van der Waals surface area (Å²) in [5, 5.41) is 11.3. The first-order valence-electron chi connectivity index (χ1n) is 17.4. The maximum atomic E-state index is 5.67. The topological polar surface area (TPSA) is 37.3 Å². The van der Waals surface area contributed by atoms with E-state index in [1.807, 2.05) is 12.3 Å². The van der Waals surface area contributed by atoms with Gasteiger partial charge in [0.1, 0.15) is 5.66 Å². The van der Waals surface area contributed by atoms with Gasteiger partial charge in [-0.05, 0) is 125 Å². The summed E-state index contributed by atoms with van der Waals surface area (Å²) in [5.41, 5.74) is 6.95. The number of nitrogens with one attached hydrogen (secondary N) is 1. The van der Waals surface area contributed by atoms with E-state index in [-0.39, 0.29) is 11.5 Å². The summed E-state index contributed by atoms with van der Waals surface area (Å²) in [6.07, 6.45) is 19.1. The van der Waals surface area contributed by atoms with Crippen LogP contribution in [-0.4, -0.2) is 16.4 Å². The third kappa shape index (κ3) is 6.09. The van der Waals surface area contributed by atoms with Crippen LogP contribution in [0.2, 0.25) is 0 Å². The smallest absolute Gasteiger partial charge is 0.133 e. The van der Waals surface area contributed by atoms with Crippen LogP contribution in [0.15, 0.2) is 144 Å². The quantitative estimate of drug-likeness (QED) is 0.101. The predicted octanol–water partition coefficient (Wildman–Crippen LogP) is 11.2. The van der Waals surface area contributed by atoms with Gasteiger partial charge in [0.15, 0.2) is 0 Å². The molecule has 50 heavy (non-hydrogen) atoms. The zero-order valence-corrected chi connectivity index (χ0v) is 29.5. The molecule has 3 nitrogen and oxygen atoms in total. The Morgan fingerprint density at radius 1 is 0.920 bits per heavy atom. The number of pyridine rings is 1. The number of aliphatic imine (C=N–C) groups is 1. The second-order valence-electron chi connectivity index (χ2n) is 13.9. The Balaban J connectivity index is 1.36. The monoisotopic (exact) mass is 649 g/mol. The number of nitrogens with zero attached hydrogens (tertiary/aromatic N) is 2. The van der Waals surface area contributed by atoms with Crippen molar-refractivity contribution < 1.29 is 0 Å². The maximum Gasteiger partial charge on any atom is 0.133 e. The minimum Gasteiger partial charge on any atom is -0.283 e. The number of hydrogen-bond donors (Lipinski definition) is 1. The van der Waals surface area contributed by atoms with Crippen LogP contribution in [-0.2, 0) is 5.41 Å². The third-order valence-electron chi connectivity index (χ3n) is 10.4. The second-order valence-corrected chi connectivity index (χ2v) is 13.9. The van der Waals surface area contributed by atoms with E-state index in [0.717, 1.165) is 34.5 Å². The molecular weight excluding hydrogens is 607 g/mol. The minimum absolute atomic E-state index is 0.0362. The van der Waals surface area contributed by atoms with Gasteiger partial charge in [0.05, 0.1) is 5.69 Å². The predicted molar refractivity (Wildman–Crippen MR) is 214 cm³/mol. The highest BCUT2D eigenvalue weighted by Gasteiger charge is 2.35. The normalized spacial score (nSPS) is 18.3. The highest BCUT2D eigenvalue weighted by molar-refractivity contribution is 6.18. The van der Waals surface area contributed by atoms with Crippen LogP contribution in [0.4, 0.5) is 0 Å². The number of benzene rings is 5. The van der Waals surface area contributed by atoms with E-state index in [1.165, 1.54) is 43.4 Å². The number of hydrogen-bond acceptors (Lipinski definition) is 3. The van der Waals surface area contributed by atoms with Gasteiger partial charge in [-0.25, -0.2) is 0 Å². The lowest BCUT2D eigenvalue weighted by molar-refractivity contribution is 0.384. The van der Waals surface area contributed by atoms with Crippen molar-refractivity contribution in [1.82, 2.24) is 10.3 Å². The van der Waals surface area contributed by atoms with E-state index < -0.39 is 5.66 Å². The van der Waals surface area contributed by atoms with Gasteiger partial charge in [-0.2, -0.15) is 0 Å². The van der Waals surface area contributed by atoms with Gasteiger partial charge in [0.25, 0.3) is 0 Å². The fourth-order valence-electron chi connectivity index (χ4n) is 7.71. The van der Waals surface area contributed by atoms with Crippen LogP contribution in [0, 0.1) is 19.3 Å². The molecule has 7 rings (SSSR count). The van der Waals surface area contributed by atoms with Crippen molar-refractivity contribution in [3.63, 3.8) is 0 Å². The van der Waals surface area contributed by atoms with Crippen molar-refractivity contribution in [3.8, 4) is 12.3 Å². The molecule has 1 aliphatic carbocycles.